The van der Waals surface area contributed by atoms with E-state index in [2.05, 4.69) is 0 Å². The summed E-state index contributed by atoms with van der Waals surface area (Å²) in [4.78, 5) is 24.3. The maximum absolute atomic E-state index is 12.4. The minimum atomic E-state index is -0.569. The standard InChI is InChI=1S/C13H16N2O5/c1-2-20-12-10(4-3-5-11(12)15(18)19)13(17)14-7-6-9(16)8-14/h3-5,9,16H,2,6-8H2,1H3. The van der Waals surface area contributed by atoms with Crippen molar-refractivity contribution in [1.82, 2.24) is 4.90 Å². The highest BCUT2D eigenvalue weighted by molar-refractivity contribution is 5.98. The zero-order valence-electron chi connectivity index (χ0n) is 11.1. The van der Waals surface area contributed by atoms with E-state index in [9.17, 15) is 20.0 Å². The third kappa shape index (κ3) is 2.72. The number of hydrogen-bond acceptors (Lipinski definition) is 5. The van der Waals surface area contributed by atoms with E-state index in [1.807, 2.05) is 0 Å². The van der Waals surface area contributed by atoms with Crippen molar-refractivity contribution in [2.45, 2.75) is 19.4 Å². The van der Waals surface area contributed by atoms with Crippen LogP contribution in [0.1, 0.15) is 23.7 Å². The lowest BCUT2D eigenvalue weighted by Crippen LogP contribution is -2.30. The number of ether oxygens (including phenoxy) is 1. The first-order valence-electron chi connectivity index (χ1n) is 6.42. The summed E-state index contributed by atoms with van der Waals surface area (Å²) in [5, 5.41) is 20.5. The van der Waals surface area contributed by atoms with Gasteiger partial charge in [-0.2, -0.15) is 0 Å². The van der Waals surface area contributed by atoms with Crippen LogP contribution in [0.2, 0.25) is 0 Å². The lowest BCUT2D eigenvalue weighted by atomic mass is 10.1. The second-order valence-corrected chi connectivity index (χ2v) is 4.54. The summed E-state index contributed by atoms with van der Waals surface area (Å²) < 4.78 is 5.29. The average molecular weight is 280 g/mol. The molecule has 1 N–H and O–H groups in total. The molecule has 1 aromatic carbocycles. The largest absolute Gasteiger partial charge is 0.487 e. The lowest BCUT2D eigenvalue weighted by molar-refractivity contribution is -0.385. The Morgan fingerprint density at radius 3 is 2.90 bits per heavy atom. The van der Waals surface area contributed by atoms with Crippen LogP contribution in [0.4, 0.5) is 5.69 Å². The smallest absolute Gasteiger partial charge is 0.311 e. The van der Waals surface area contributed by atoms with Gasteiger partial charge in [0.05, 0.1) is 23.2 Å². The molecule has 1 aromatic rings. The molecule has 108 valence electrons. The van der Waals surface area contributed by atoms with Crippen LogP contribution >= 0.6 is 0 Å². The number of carbonyl (C=O) groups excluding carboxylic acids is 1. The van der Waals surface area contributed by atoms with E-state index in [1.165, 1.54) is 23.1 Å². The molecule has 20 heavy (non-hydrogen) atoms. The molecule has 7 heteroatoms. The number of aliphatic hydroxyl groups excluding tert-OH is 1. The van der Waals surface area contributed by atoms with Crippen LogP contribution in [0.3, 0.4) is 0 Å². The van der Waals surface area contributed by atoms with Gasteiger partial charge in [-0.3, -0.25) is 14.9 Å². The molecule has 1 heterocycles. The Morgan fingerprint density at radius 2 is 2.35 bits per heavy atom. The van der Waals surface area contributed by atoms with Crippen LogP contribution in [0.5, 0.6) is 5.75 Å². The SMILES string of the molecule is CCOc1c(C(=O)N2CCC(O)C2)cccc1[N+](=O)[O-]. The van der Waals surface area contributed by atoms with Crippen LogP contribution in [0.15, 0.2) is 18.2 Å². The van der Waals surface area contributed by atoms with Crippen molar-refractivity contribution in [3.63, 3.8) is 0 Å². The molecule has 0 saturated carbocycles. The number of nitro groups is 1. The predicted octanol–water partition coefficient (Wildman–Crippen LogP) is 1.20. The first-order chi connectivity index (χ1) is 9.54. The molecule has 1 atom stereocenters. The van der Waals surface area contributed by atoms with Gasteiger partial charge in [0, 0.05) is 19.2 Å². The quantitative estimate of drug-likeness (QED) is 0.660. The Labute approximate surface area is 115 Å². The number of rotatable bonds is 4. The molecule has 0 aliphatic carbocycles. The molecule has 0 radical (unpaired) electrons. The molecule has 0 spiro atoms. The minimum absolute atomic E-state index is 0.00797. The molecule has 1 saturated heterocycles. The molecule has 1 amide bonds. The van der Waals surface area contributed by atoms with Crippen LogP contribution in [0.25, 0.3) is 0 Å². The number of aliphatic hydroxyl groups is 1. The van der Waals surface area contributed by atoms with Crippen molar-refractivity contribution in [3.8, 4) is 5.75 Å². The number of amides is 1. The zero-order chi connectivity index (χ0) is 14.7. The normalized spacial score (nSPS) is 18.1. The van der Waals surface area contributed by atoms with Gasteiger partial charge in [0.25, 0.3) is 5.91 Å². The van der Waals surface area contributed by atoms with E-state index in [1.54, 1.807) is 6.92 Å². The van der Waals surface area contributed by atoms with Gasteiger partial charge in [-0.15, -0.1) is 0 Å². The van der Waals surface area contributed by atoms with Crippen molar-refractivity contribution in [3.05, 3.63) is 33.9 Å². The maximum atomic E-state index is 12.4. The molecular formula is C13H16N2O5. The third-order valence-electron chi connectivity index (χ3n) is 3.16. The maximum Gasteiger partial charge on any atom is 0.311 e. The van der Waals surface area contributed by atoms with Gasteiger partial charge in [0.2, 0.25) is 5.75 Å². The van der Waals surface area contributed by atoms with Crippen molar-refractivity contribution in [1.29, 1.82) is 0 Å². The van der Waals surface area contributed by atoms with Gasteiger partial charge in [-0.1, -0.05) is 6.07 Å². The summed E-state index contributed by atoms with van der Waals surface area (Å²) in [6.45, 7) is 2.61. The van der Waals surface area contributed by atoms with E-state index in [0.717, 1.165) is 0 Å². The molecule has 0 bridgehead atoms. The average Bonchev–Trinajstić information content (AvgIpc) is 2.85. The summed E-state index contributed by atoms with van der Waals surface area (Å²) in [7, 11) is 0. The van der Waals surface area contributed by atoms with Gasteiger partial charge >= 0.3 is 5.69 Å². The van der Waals surface area contributed by atoms with Crippen LogP contribution in [-0.4, -0.2) is 46.6 Å². The number of nitrogens with zero attached hydrogens (tertiary/aromatic N) is 2. The fourth-order valence-electron chi connectivity index (χ4n) is 2.23. The monoisotopic (exact) mass is 280 g/mol. The molecule has 1 unspecified atom stereocenters. The summed E-state index contributed by atoms with van der Waals surface area (Å²) >= 11 is 0. The summed E-state index contributed by atoms with van der Waals surface area (Å²) in [5.41, 5.74) is -0.0624. The van der Waals surface area contributed by atoms with E-state index >= 15 is 0 Å². The predicted molar refractivity (Wildman–Crippen MR) is 70.8 cm³/mol. The Morgan fingerprint density at radius 1 is 1.60 bits per heavy atom. The summed E-state index contributed by atoms with van der Waals surface area (Å²) in [6.07, 6.45) is -0.0156. The van der Waals surface area contributed by atoms with E-state index in [-0.39, 0.29) is 36.1 Å². The highest BCUT2D eigenvalue weighted by Crippen LogP contribution is 2.32. The van der Waals surface area contributed by atoms with Gasteiger partial charge in [-0.05, 0) is 19.4 Å². The minimum Gasteiger partial charge on any atom is -0.487 e. The molecule has 1 fully saturated rings. The molecule has 0 aromatic heterocycles. The molecule has 7 nitrogen and oxygen atoms in total. The van der Waals surface area contributed by atoms with Crippen molar-refractivity contribution in [2.24, 2.45) is 0 Å². The first kappa shape index (κ1) is 14.3. The van der Waals surface area contributed by atoms with Gasteiger partial charge in [0.15, 0.2) is 0 Å². The Hall–Kier alpha value is -2.15. The van der Waals surface area contributed by atoms with Gasteiger partial charge in [-0.25, -0.2) is 0 Å². The first-order valence-corrected chi connectivity index (χ1v) is 6.42. The topological polar surface area (TPSA) is 92.9 Å². The lowest BCUT2D eigenvalue weighted by Gasteiger charge is -2.17. The molecule has 2 rings (SSSR count). The number of carbonyl (C=O) groups is 1. The fraction of sp³-hybridized carbons (Fsp3) is 0.462. The van der Waals surface area contributed by atoms with E-state index < -0.39 is 11.0 Å². The summed E-state index contributed by atoms with van der Waals surface area (Å²) in [6, 6.07) is 4.27. The Balaban J connectivity index is 2.37. The molecule has 1 aliphatic rings. The van der Waals surface area contributed by atoms with Crippen molar-refractivity contribution >= 4 is 11.6 Å². The number of para-hydroxylation sites is 1. The highest BCUT2D eigenvalue weighted by atomic mass is 16.6. The zero-order valence-corrected chi connectivity index (χ0v) is 11.1. The van der Waals surface area contributed by atoms with Crippen LogP contribution < -0.4 is 4.74 Å². The van der Waals surface area contributed by atoms with Gasteiger partial charge < -0.3 is 14.7 Å². The highest BCUT2D eigenvalue weighted by Gasteiger charge is 2.30. The number of benzene rings is 1. The fourth-order valence-corrected chi connectivity index (χ4v) is 2.23. The van der Waals surface area contributed by atoms with Crippen molar-refractivity contribution < 1.29 is 19.6 Å². The number of β-amino-alcohol motifs (C(OH)–C–C–N with tert-alkyl or cyclic N) is 1. The Bertz CT molecular complexity index is 531. The van der Waals surface area contributed by atoms with E-state index in [0.29, 0.717) is 13.0 Å². The van der Waals surface area contributed by atoms with Crippen LogP contribution in [-0.2, 0) is 0 Å². The van der Waals surface area contributed by atoms with Gasteiger partial charge in [0.1, 0.15) is 0 Å². The summed E-state index contributed by atoms with van der Waals surface area (Å²) in [5.74, 6) is -0.361. The number of hydrogen-bond donors (Lipinski definition) is 1. The second-order valence-electron chi connectivity index (χ2n) is 4.54. The third-order valence-corrected chi connectivity index (χ3v) is 3.16. The van der Waals surface area contributed by atoms with Crippen LogP contribution in [0, 0.1) is 10.1 Å². The Kier molecular flexibility index (Phi) is 4.19. The second kappa shape index (κ2) is 5.87. The number of nitro benzene ring substituents is 1. The van der Waals surface area contributed by atoms with Crippen molar-refractivity contribution in [2.75, 3.05) is 19.7 Å². The molecule has 1 aliphatic heterocycles. The molecular weight excluding hydrogens is 264 g/mol. The van der Waals surface area contributed by atoms with E-state index in [4.69, 9.17) is 4.74 Å². The number of likely N-dealkylation sites (tertiary alicyclic amines) is 1.